The first-order valence-electron chi connectivity index (χ1n) is 4.90. The Morgan fingerprint density at radius 2 is 1.85 bits per heavy atom. The summed E-state index contributed by atoms with van der Waals surface area (Å²) in [5.74, 6) is 0.559. The highest BCUT2D eigenvalue weighted by Gasteiger charge is 2.18. The standard InChI is InChI=1S/C12H19N/c1-9(2)12-8-6-7-11(5)13(12)10(3)4/h6-10H,5H2,1-4H3. The molecule has 0 amide bonds. The van der Waals surface area contributed by atoms with E-state index in [2.05, 4.69) is 57.4 Å². The third-order valence-electron chi connectivity index (χ3n) is 2.25. The predicted molar refractivity (Wildman–Crippen MR) is 58.2 cm³/mol. The number of nitrogens with zero attached hydrogens (tertiary/aromatic N) is 1. The Kier molecular flexibility index (Phi) is 2.97. The van der Waals surface area contributed by atoms with Gasteiger partial charge in [0.25, 0.3) is 0 Å². The molecule has 1 heterocycles. The lowest BCUT2D eigenvalue weighted by Gasteiger charge is -2.35. The van der Waals surface area contributed by atoms with E-state index in [1.807, 2.05) is 0 Å². The van der Waals surface area contributed by atoms with E-state index in [4.69, 9.17) is 0 Å². The molecule has 0 bridgehead atoms. The van der Waals surface area contributed by atoms with Gasteiger partial charge in [0.1, 0.15) is 0 Å². The Morgan fingerprint density at radius 1 is 1.23 bits per heavy atom. The topological polar surface area (TPSA) is 3.24 Å². The Balaban J connectivity index is 2.96. The average Bonchev–Trinajstić information content (AvgIpc) is 2.02. The molecule has 1 nitrogen and oxygen atoms in total. The fraction of sp³-hybridized carbons (Fsp3) is 0.500. The lowest BCUT2D eigenvalue weighted by molar-refractivity contribution is 0.328. The summed E-state index contributed by atoms with van der Waals surface area (Å²) in [7, 11) is 0. The second-order valence-electron chi connectivity index (χ2n) is 4.06. The molecule has 1 aliphatic heterocycles. The molecule has 1 rings (SSSR count). The molecule has 0 aromatic heterocycles. The van der Waals surface area contributed by atoms with Gasteiger partial charge in [0.05, 0.1) is 0 Å². The van der Waals surface area contributed by atoms with Crippen LogP contribution < -0.4 is 0 Å². The van der Waals surface area contributed by atoms with Gasteiger partial charge in [-0.2, -0.15) is 0 Å². The monoisotopic (exact) mass is 177 g/mol. The van der Waals surface area contributed by atoms with E-state index in [9.17, 15) is 0 Å². The summed E-state index contributed by atoms with van der Waals surface area (Å²) in [5, 5.41) is 0. The highest BCUT2D eigenvalue weighted by Crippen LogP contribution is 2.26. The molecule has 1 heteroatoms. The molecular formula is C12H19N. The SMILES string of the molecule is C=C1C=CC=C(C(C)C)N1C(C)C. The van der Waals surface area contributed by atoms with E-state index in [0.29, 0.717) is 12.0 Å². The average molecular weight is 177 g/mol. The zero-order valence-electron chi connectivity index (χ0n) is 9.04. The van der Waals surface area contributed by atoms with E-state index >= 15 is 0 Å². The number of hydrogen-bond acceptors (Lipinski definition) is 1. The minimum absolute atomic E-state index is 0.492. The van der Waals surface area contributed by atoms with E-state index < -0.39 is 0 Å². The van der Waals surface area contributed by atoms with Crippen LogP contribution >= 0.6 is 0 Å². The van der Waals surface area contributed by atoms with Crippen LogP contribution in [0.4, 0.5) is 0 Å². The van der Waals surface area contributed by atoms with E-state index in [-0.39, 0.29) is 0 Å². The van der Waals surface area contributed by atoms with E-state index in [1.165, 1.54) is 5.70 Å². The molecule has 0 fully saturated rings. The maximum absolute atomic E-state index is 4.05. The molecule has 13 heavy (non-hydrogen) atoms. The molecule has 0 aliphatic carbocycles. The van der Waals surface area contributed by atoms with Crippen LogP contribution in [0, 0.1) is 5.92 Å². The van der Waals surface area contributed by atoms with Gasteiger partial charge in [0, 0.05) is 17.4 Å². The van der Waals surface area contributed by atoms with Crippen LogP contribution in [0.25, 0.3) is 0 Å². The molecule has 0 aromatic carbocycles. The van der Waals surface area contributed by atoms with Crippen molar-refractivity contribution in [3.63, 3.8) is 0 Å². The van der Waals surface area contributed by atoms with Crippen molar-refractivity contribution in [1.82, 2.24) is 4.90 Å². The van der Waals surface area contributed by atoms with E-state index in [0.717, 1.165) is 5.70 Å². The van der Waals surface area contributed by atoms with Crippen molar-refractivity contribution in [2.75, 3.05) is 0 Å². The Bertz CT molecular complexity index is 256. The number of hydrogen-bond donors (Lipinski definition) is 0. The molecule has 0 unspecified atom stereocenters. The van der Waals surface area contributed by atoms with Gasteiger partial charge in [0.15, 0.2) is 0 Å². The van der Waals surface area contributed by atoms with Crippen LogP contribution in [-0.2, 0) is 0 Å². The summed E-state index contributed by atoms with van der Waals surface area (Å²) in [4.78, 5) is 2.30. The third kappa shape index (κ3) is 2.03. The summed E-state index contributed by atoms with van der Waals surface area (Å²) < 4.78 is 0. The molecule has 0 atom stereocenters. The molecule has 0 radical (unpaired) electrons. The Morgan fingerprint density at radius 3 is 2.23 bits per heavy atom. The van der Waals surface area contributed by atoms with Gasteiger partial charge in [-0.1, -0.05) is 26.5 Å². The van der Waals surface area contributed by atoms with Gasteiger partial charge >= 0.3 is 0 Å². The smallest absolute Gasteiger partial charge is 0.0337 e. The van der Waals surface area contributed by atoms with Crippen molar-refractivity contribution in [3.05, 3.63) is 36.2 Å². The van der Waals surface area contributed by atoms with Crippen LogP contribution in [0.5, 0.6) is 0 Å². The Labute approximate surface area is 81.4 Å². The second-order valence-corrected chi connectivity index (χ2v) is 4.06. The van der Waals surface area contributed by atoms with Crippen molar-refractivity contribution >= 4 is 0 Å². The highest BCUT2D eigenvalue weighted by molar-refractivity contribution is 5.31. The Hall–Kier alpha value is -0.980. The fourth-order valence-corrected chi connectivity index (χ4v) is 1.68. The van der Waals surface area contributed by atoms with Gasteiger partial charge in [-0.15, -0.1) is 0 Å². The van der Waals surface area contributed by atoms with Crippen molar-refractivity contribution in [1.29, 1.82) is 0 Å². The molecule has 0 N–H and O–H groups in total. The molecule has 72 valence electrons. The summed E-state index contributed by atoms with van der Waals surface area (Å²) in [5.41, 5.74) is 2.46. The van der Waals surface area contributed by atoms with Gasteiger partial charge in [-0.3, -0.25) is 0 Å². The largest absolute Gasteiger partial charge is 0.343 e. The first-order valence-corrected chi connectivity index (χ1v) is 4.90. The van der Waals surface area contributed by atoms with Crippen LogP contribution in [-0.4, -0.2) is 10.9 Å². The van der Waals surface area contributed by atoms with Gasteiger partial charge < -0.3 is 4.90 Å². The molecule has 0 spiro atoms. The lowest BCUT2D eigenvalue weighted by atomic mass is 10.0. The van der Waals surface area contributed by atoms with Crippen molar-refractivity contribution in [2.24, 2.45) is 5.92 Å². The summed E-state index contributed by atoms with van der Waals surface area (Å²) in [6.07, 6.45) is 6.32. The molecule has 0 aromatic rings. The quantitative estimate of drug-likeness (QED) is 0.625. The number of rotatable bonds is 2. The number of allylic oxidation sites excluding steroid dienone is 4. The van der Waals surface area contributed by atoms with Crippen molar-refractivity contribution in [2.45, 2.75) is 33.7 Å². The fourth-order valence-electron chi connectivity index (χ4n) is 1.68. The zero-order chi connectivity index (χ0) is 10.0. The summed E-state index contributed by atoms with van der Waals surface area (Å²) in [6, 6.07) is 0.492. The van der Waals surface area contributed by atoms with Gasteiger partial charge in [-0.05, 0) is 31.9 Å². The molecule has 0 saturated carbocycles. The van der Waals surface area contributed by atoms with Gasteiger partial charge in [0.2, 0.25) is 0 Å². The summed E-state index contributed by atoms with van der Waals surface area (Å²) in [6.45, 7) is 12.9. The lowest BCUT2D eigenvalue weighted by Crippen LogP contribution is -2.31. The predicted octanol–water partition coefficient (Wildman–Crippen LogP) is 3.32. The summed E-state index contributed by atoms with van der Waals surface area (Å²) >= 11 is 0. The normalized spacial score (nSPS) is 17.2. The van der Waals surface area contributed by atoms with Crippen LogP contribution in [0.1, 0.15) is 27.7 Å². The highest BCUT2D eigenvalue weighted by atomic mass is 15.2. The van der Waals surface area contributed by atoms with Crippen LogP contribution in [0.3, 0.4) is 0 Å². The van der Waals surface area contributed by atoms with Crippen LogP contribution in [0.2, 0.25) is 0 Å². The van der Waals surface area contributed by atoms with E-state index in [1.54, 1.807) is 0 Å². The molecule has 0 saturated heterocycles. The third-order valence-corrected chi connectivity index (χ3v) is 2.25. The zero-order valence-corrected chi connectivity index (χ0v) is 9.04. The van der Waals surface area contributed by atoms with Crippen molar-refractivity contribution in [3.8, 4) is 0 Å². The first kappa shape index (κ1) is 10.1. The second kappa shape index (κ2) is 3.82. The minimum Gasteiger partial charge on any atom is -0.343 e. The van der Waals surface area contributed by atoms with Crippen LogP contribution in [0.15, 0.2) is 36.2 Å². The minimum atomic E-state index is 0.492. The van der Waals surface area contributed by atoms with Gasteiger partial charge in [-0.25, -0.2) is 0 Å². The molecule has 1 aliphatic rings. The van der Waals surface area contributed by atoms with Crippen molar-refractivity contribution < 1.29 is 0 Å². The maximum Gasteiger partial charge on any atom is 0.0337 e. The maximum atomic E-state index is 4.05. The molecular weight excluding hydrogens is 158 g/mol. The first-order chi connectivity index (χ1) is 6.04.